The second-order valence-corrected chi connectivity index (χ2v) is 4.19. The average Bonchev–Trinajstić information content (AvgIpc) is 3.07. The van der Waals surface area contributed by atoms with E-state index in [1.807, 2.05) is 24.3 Å². The quantitative estimate of drug-likeness (QED) is 0.750. The molecular formula is C14H13N3O2. The van der Waals surface area contributed by atoms with Gasteiger partial charge in [-0.05, 0) is 6.07 Å². The van der Waals surface area contributed by atoms with Gasteiger partial charge in [-0.15, -0.1) is 0 Å². The molecule has 2 aromatic heterocycles. The summed E-state index contributed by atoms with van der Waals surface area (Å²) in [5.74, 6) is 0.730. The summed E-state index contributed by atoms with van der Waals surface area (Å²) in [6.07, 6.45) is 5.63. The van der Waals surface area contributed by atoms with Gasteiger partial charge in [0, 0.05) is 30.7 Å². The summed E-state index contributed by atoms with van der Waals surface area (Å²) in [5.41, 5.74) is 1.29. The zero-order valence-corrected chi connectivity index (χ0v) is 10.2. The molecule has 96 valence electrons. The van der Waals surface area contributed by atoms with Crippen LogP contribution in [-0.4, -0.2) is 22.4 Å². The Labute approximate surface area is 109 Å². The number of hydrogen-bond acceptors (Lipinski definition) is 3. The van der Waals surface area contributed by atoms with Gasteiger partial charge in [-0.1, -0.05) is 18.2 Å². The molecule has 0 saturated heterocycles. The molecular weight excluding hydrogens is 242 g/mol. The number of aromatic nitrogens is 2. The van der Waals surface area contributed by atoms with E-state index in [0.717, 1.165) is 16.8 Å². The van der Waals surface area contributed by atoms with Crippen molar-refractivity contribution in [2.75, 3.05) is 6.54 Å². The maximum absolute atomic E-state index is 12.0. The first-order valence-electron chi connectivity index (χ1n) is 6.07. The molecule has 1 amide bonds. The highest BCUT2D eigenvalue weighted by molar-refractivity contribution is 6.05. The van der Waals surface area contributed by atoms with E-state index in [-0.39, 0.29) is 5.91 Å². The van der Waals surface area contributed by atoms with Crippen LogP contribution in [0.15, 0.2) is 47.3 Å². The van der Waals surface area contributed by atoms with Crippen LogP contribution < -0.4 is 5.32 Å². The van der Waals surface area contributed by atoms with Crippen molar-refractivity contribution in [1.82, 2.24) is 15.3 Å². The van der Waals surface area contributed by atoms with Crippen LogP contribution in [0.5, 0.6) is 0 Å². The number of furan rings is 1. The molecule has 0 radical (unpaired) electrons. The van der Waals surface area contributed by atoms with Gasteiger partial charge in [0.15, 0.2) is 0 Å². The van der Waals surface area contributed by atoms with E-state index in [1.54, 1.807) is 12.4 Å². The Bertz CT molecular complexity index is 686. The van der Waals surface area contributed by atoms with Crippen LogP contribution in [0.1, 0.15) is 16.2 Å². The molecule has 2 heterocycles. The lowest BCUT2D eigenvalue weighted by Gasteiger charge is -2.02. The number of carbonyl (C=O) groups is 1. The molecule has 1 aromatic carbocycles. The van der Waals surface area contributed by atoms with Crippen molar-refractivity contribution in [3.8, 4) is 0 Å². The lowest BCUT2D eigenvalue weighted by atomic mass is 10.1. The van der Waals surface area contributed by atoms with Gasteiger partial charge in [0.05, 0.1) is 5.56 Å². The van der Waals surface area contributed by atoms with Crippen LogP contribution >= 0.6 is 0 Å². The number of hydrogen-bond donors (Lipinski definition) is 2. The number of benzene rings is 1. The first-order valence-corrected chi connectivity index (χ1v) is 6.07. The molecule has 0 aliphatic heterocycles. The maximum atomic E-state index is 12.0. The Morgan fingerprint density at radius 3 is 3.11 bits per heavy atom. The molecule has 0 bridgehead atoms. The Hall–Kier alpha value is -2.56. The summed E-state index contributed by atoms with van der Waals surface area (Å²) in [7, 11) is 0. The van der Waals surface area contributed by atoms with Crippen LogP contribution in [0.3, 0.4) is 0 Å². The van der Waals surface area contributed by atoms with Gasteiger partial charge < -0.3 is 14.7 Å². The number of fused-ring (bicyclic) bond motifs is 1. The molecule has 0 aliphatic carbocycles. The largest absolute Gasteiger partial charge is 0.463 e. The molecule has 19 heavy (non-hydrogen) atoms. The van der Waals surface area contributed by atoms with E-state index < -0.39 is 0 Å². The molecule has 0 saturated carbocycles. The fourth-order valence-corrected chi connectivity index (χ4v) is 1.98. The van der Waals surface area contributed by atoms with E-state index in [0.29, 0.717) is 18.5 Å². The van der Waals surface area contributed by atoms with Crippen LogP contribution in [0.25, 0.3) is 11.0 Å². The summed E-state index contributed by atoms with van der Waals surface area (Å²) < 4.78 is 5.34. The number of nitrogens with zero attached hydrogens (tertiary/aromatic N) is 1. The Morgan fingerprint density at radius 2 is 2.26 bits per heavy atom. The summed E-state index contributed by atoms with van der Waals surface area (Å²) >= 11 is 0. The van der Waals surface area contributed by atoms with Crippen molar-refractivity contribution < 1.29 is 9.21 Å². The highest BCUT2D eigenvalue weighted by Crippen LogP contribution is 2.20. The second kappa shape index (κ2) is 4.97. The normalized spacial score (nSPS) is 10.7. The lowest BCUT2D eigenvalue weighted by molar-refractivity contribution is 0.0955. The number of aromatic amines is 1. The molecule has 3 aromatic rings. The van der Waals surface area contributed by atoms with E-state index >= 15 is 0 Å². The summed E-state index contributed by atoms with van der Waals surface area (Å²) in [6, 6.07) is 7.48. The van der Waals surface area contributed by atoms with Gasteiger partial charge in [0.2, 0.25) is 0 Å². The summed E-state index contributed by atoms with van der Waals surface area (Å²) in [4.78, 5) is 19.1. The smallest absolute Gasteiger partial charge is 0.255 e. The molecule has 0 unspecified atom stereocenters. The number of H-pyrrole nitrogens is 1. The summed E-state index contributed by atoms with van der Waals surface area (Å²) in [5, 5.41) is 3.69. The zero-order chi connectivity index (χ0) is 13.1. The fourth-order valence-electron chi connectivity index (χ4n) is 1.98. The van der Waals surface area contributed by atoms with Crippen molar-refractivity contribution in [3.63, 3.8) is 0 Å². The van der Waals surface area contributed by atoms with Crippen molar-refractivity contribution in [2.24, 2.45) is 0 Å². The van der Waals surface area contributed by atoms with Gasteiger partial charge >= 0.3 is 0 Å². The van der Waals surface area contributed by atoms with E-state index in [4.69, 9.17) is 4.42 Å². The molecule has 3 rings (SSSR count). The number of amides is 1. The summed E-state index contributed by atoms with van der Waals surface area (Å²) in [6.45, 7) is 0.534. The highest BCUT2D eigenvalue weighted by Gasteiger charge is 2.12. The zero-order valence-electron chi connectivity index (χ0n) is 10.2. The molecule has 0 spiro atoms. The lowest BCUT2D eigenvalue weighted by Crippen LogP contribution is -2.25. The van der Waals surface area contributed by atoms with Crippen molar-refractivity contribution >= 4 is 16.9 Å². The fraction of sp³-hybridized carbons (Fsp3) is 0.143. The van der Waals surface area contributed by atoms with E-state index in [2.05, 4.69) is 15.3 Å². The Morgan fingerprint density at radius 1 is 1.37 bits per heavy atom. The van der Waals surface area contributed by atoms with E-state index in [9.17, 15) is 4.79 Å². The predicted molar refractivity (Wildman–Crippen MR) is 70.8 cm³/mol. The number of para-hydroxylation sites is 1. The molecule has 0 aliphatic rings. The maximum Gasteiger partial charge on any atom is 0.255 e. The van der Waals surface area contributed by atoms with Crippen LogP contribution in [0, 0.1) is 0 Å². The number of rotatable bonds is 4. The third-order valence-electron chi connectivity index (χ3n) is 2.93. The highest BCUT2D eigenvalue weighted by atomic mass is 16.3. The van der Waals surface area contributed by atoms with E-state index in [1.165, 1.54) is 6.26 Å². The molecule has 5 heteroatoms. The third-order valence-corrected chi connectivity index (χ3v) is 2.93. The molecule has 0 fully saturated rings. The Kier molecular flexibility index (Phi) is 3.02. The second-order valence-electron chi connectivity index (χ2n) is 4.19. The predicted octanol–water partition coefficient (Wildman–Crippen LogP) is 2.13. The van der Waals surface area contributed by atoms with Gasteiger partial charge in [0.25, 0.3) is 5.91 Å². The standard InChI is InChI=1S/C14H13N3O2/c18-14(17-6-5-13-15-7-8-16-13)11-9-19-12-4-2-1-3-10(11)12/h1-4,7-9H,5-6H2,(H,15,16)(H,17,18). The third kappa shape index (κ3) is 2.35. The van der Waals surface area contributed by atoms with Crippen molar-refractivity contribution in [2.45, 2.75) is 6.42 Å². The van der Waals surface area contributed by atoms with Gasteiger partial charge in [-0.25, -0.2) is 4.98 Å². The van der Waals surface area contributed by atoms with Gasteiger partial charge in [-0.2, -0.15) is 0 Å². The SMILES string of the molecule is O=C(NCCc1ncc[nH]1)c1coc2ccccc12. The Balaban J connectivity index is 1.67. The average molecular weight is 255 g/mol. The van der Waals surface area contributed by atoms with Crippen LogP contribution in [0.4, 0.5) is 0 Å². The number of carbonyl (C=O) groups excluding carboxylic acids is 1. The number of imidazole rings is 1. The van der Waals surface area contributed by atoms with Crippen molar-refractivity contribution in [3.05, 3.63) is 54.3 Å². The molecule has 5 nitrogen and oxygen atoms in total. The van der Waals surface area contributed by atoms with Gasteiger partial charge in [0.1, 0.15) is 17.7 Å². The van der Waals surface area contributed by atoms with Crippen LogP contribution in [0.2, 0.25) is 0 Å². The van der Waals surface area contributed by atoms with Crippen LogP contribution in [-0.2, 0) is 6.42 Å². The van der Waals surface area contributed by atoms with Crippen molar-refractivity contribution in [1.29, 1.82) is 0 Å². The minimum absolute atomic E-state index is 0.128. The first-order chi connectivity index (χ1) is 9.34. The first kappa shape index (κ1) is 11.5. The monoisotopic (exact) mass is 255 g/mol. The number of nitrogens with one attached hydrogen (secondary N) is 2. The topological polar surface area (TPSA) is 70.9 Å². The molecule has 2 N–H and O–H groups in total. The minimum Gasteiger partial charge on any atom is -0.463 e. The minimum atomic E-state index is -0.128. The molecule has 0 atom stereocenters. The van der Waals surface area contributed by atoms with Gasteiger partial charge in [-0.3, -0.25) is 4.79 Å².